The maximum Gasteiger partial charge on any atom is 0.354 e. The van der Waals surface area contributed by atoms with E-state index in [2.05, 4.69) is 30.9 Å². The highest BCUT2D eigenvalue weighted by Crippen LogP contribution is 2.31. The van der Waals surface area contributed by atoms with Crippen LogP contribution in [0.1, 0.15) is 37.3 Å². The zero-order valence-corrected chi connectivity index (χ0v) is 26.9. The van der Waals surface area contributed by atoms with Crippen molar-refractivity contribution in [2.75, 3.05) is 18.4 Å². The Morgan fingerprint density at radius 1 is 1.11 bits per heavy atom. The quantitative estimate of drug-likeness (QED) is 0.0627. The molecule has 0 amide bonds. The lowest BCUT2D eigenvalue weighted by Gasteiger charge is -2.20. The summed E-state index contributed by atoms with van der Waals surface area (Å²) in [6, 6.07) is 16.8. The summed E-state index contributed by atoms with van der Waals surface area (Å²) in [5.41, 5.74) is 15.6. The lowest BCUT2D eigenvalue weighted by atomic mass is 10.0. The van der Waals surface area contributed by atoms with Crippen molar-refractivity contribution in [3.63, 3.8) is 0 Å². The standard InChI is InChI=1S/C34H40ClFN10O/c1-21(37)3-2-4-23-15-28(31(36)29(35)16-23)30-17-24-20-46(34(47)45-32(24)44-30)27-7-5-22(6-8-27)18-42-26(11-14-41-33(38)39)19-43-25-9-12-40-13-10-25/h5-10,12-13,15-17,20-21,26,42H,2-4,11,14,18-19,37H2,1H3,(H,40,43)(H4,38,39,41)(H,44,45,47)/t21-,26+/m0/s1. The third-order valence-electron chi connectivity index (χ3n) is 7.86. The van der Waals surface area contributed by atoms with Crippen LogP contribution < -0.4 is 33.1 Å². The monoisotopic (exact) mass is 658 g/mol. The van der Waals surface area contributed by atoms with E-state index in [0.717, 1.165) is 42.5 Å². The number of rotatable bonds is 15. The molecule has 0 aliphatic rings. The molecule has 0 saturated carbocycles. The molecule has 0 bridgehead atoms. The van der Waals surface area contributed by atoms with Gasteiger partial charge in [0.2, 0.25) is 0 Å². The molecule has 246 valence electrons. The number of H-pyrrole nitrogens is 1. The van der Waals surface area contributed by atoms with E-state index in [9.17, 15) is 4.79 Å². The van der Waals surface area contributed by atoms with Crippen LogP contribution in [-0.2, 0) is 13.0 Å². The number of nitrogens with zero attached hydrogens (tertiary/aromatic N) is 3. The molecule has 0 saturated heterocycles. The Bertz CT molecular complexity index is 1860. The summed E-state index contributed by atoms with van der Waals surface area (Å²) in [7, 11) is 0. The van der Waals surface area contributed by atoms with Crippen molar-refractivity contribution in [1.29, 1.82) is 5.41 Å². The smallest absolute Gasteiger partial charge is 0.354 e. The first-order valence-electron chi connectivity index (χ1n) is 15.6. The Morgan fingerprint density at radius 2 is 1.87 bits per heavy atom. The summed E-state index contributed by atoms with van der Waals surface area (Å²) >= 11 is 6.26. The Hall–Kier alpha value is -4.78. The van der Waals surface area contributed by atoms with E-state index in [1.807, 2.05) is 43.3 Å². The first kappa shape index (κ1) is 33.6. The maximum atomic E-state index is 15.1. The van der Waals surface area contributed by atoms with E-state index in [1.54, 1.807) is 36.8 Å². The Labute approximate surface area is 277 Å². The number of halogens is 2. The van der Waals surface area contributed by atoms with Gasteiger partial charge in [0.25, 0.3) is 0 Å². The molecule has 0 radical (unpaired) electrons. The van der Waals surface area contributed by atoms with Crippen molar-refractivity contribution < 1.29 is 4.39 Å². The number of hydrogen-bond acceptors (Lipinski definition) is 7. The molecule has 0 aliphatic heterocycles. The number of guanidine groups is 1. The molecule has 0 fully saturated rings. The molecule has 2 aromatic carbocycles. The first-order valence-corrected chi connectivity index (χ1v) is 15.9. The number of aromatic amines is 1. The van der Waals surface area contributed by atoms with Crippen LogP contribution in [0.5, 0.6) is 0 Å². The molecule has 5 rings (SSSR count). The molecule has 2 atom stereocenters. The largest absolute Gasteiger partial charge is 0.383 e. The van der Waals surface area contributed by atoms with E-state index in [-0.39, 0.29) is 23.1 Å². The number of pyridine rings is 1. The predicted molar refractivity (Wildman–Crippen MR) is 187 cm³/mol. The van der Waals surface area contributed by atoms with Gasteiger partial charge < -0.3 is 32.4 Å². The van der Waals surface area contributed by atoms with Gasteiger partial charge in [0.15, 0.2) is 11.8 Å². The van der Waals surface area contributed by atoms with Crippen molar-refractivity contribution in [3.05, 3.63) is 106 Å². The summed E-state index contributed by atoms with van der Waals surface area (Å²) in [6.07, 6.45) is 8.36. The molecule has 11 nitrogen and oxygen atoms in total. The van der Waals surface area contributed by atoms with Gasteiger partial charge >= 0.3 is 5.69 Å². The molecule has 3 aromatic heterocycles. The van der Waals surface area contributed by atoms with E-state index in [4.69, 9.17) is 28.5 Å². The highest BCUT2D eigenvalue weighted by Gasteiger charge is 2.16. The van der Waals surface area contributed by atoms with Gasteiger partial charge in [-0.1, -0.05) is 23.7 Å². The second kappa shape index (κ2) is 15.7. The fourth-order valence-corrected chi connectivity index (χ4v) is 5.58. The Kier molecular flexibility index (Phi) is 11.2. The number of hydrogen-bond donors (Lipinski definition) is 7. The van der Waals surface area contributed by atoms with Crippen molar-refractivity contribution in [2.24, 2.45) is 11.5 Å². The van der Waals surface area contributed by atoms with E-state index in [1.165, 1.54) is 4.57 Å². The number of benzene rings is 2. The summed E-state index contributed by atoms with van der Waals surface area (Å²) in [6.45, 7) is 3.77. The minimum Gasteiger partial charge on any atom is -0.383 e. The molecule has 5 aromatic rings. The molecular formula is C34H40ClFN10O. The molecule has 9 N–H and O–H groups in total. The van der Waals surface area contributed by atoms with Crippen LogP contribution >= 0.6 is 11.6 Å². The minimum absolute atomic E-state index is 0.0446. The van der Waals surface area contributed by atoms with Crippen LogP contribution in [0.3, 0.4) is 0 Å². The SMILES string of the molecule is C[C@H](N)CCCc1cc(Cl)c(F)c(-c2cc3cn(-c4ccc(CN[C@H](CCNC(=N)N)CNc5ccncc5)cc4)c(=O)nc3[nH]2)c1. The van der Waals surface area contributed by atoms with Crippen molar-refractivity contribution in [2.45, 2.75) is 51.2 Å². The Morgan fingerprint density at radius 3 is 2.60 bits per heavy atom. The number of anilines is 1. The van der Waals surface area contributed by atoms with Crippen LogP contribution in [0.15, 0.2) is 78.0 Å². The van der Waals surface area contributed by atoms with Gasteiger partial charge in [-0.15, -0.1) is 0 Å². The summed E-state index contributed by atoms with van der Waals surface area (Å²) in [5, 5.41) is 18.0. The number of fused-ring (bicyclic) bond motifs is 1. The maximum absolute atomic E-state index is 15.1. The third-order valence-corrected chi connectivity index (χ3v) is 8.14. The molecule has 13 heteroatoms. The topological polar surface area (TPSA) is 176 Å². The fourth-order valence-electron chi connectivity index (χ4n) is 5.34. The highest BCUT2D eigenvalue weighted by molar-refractivity contribution is 6.31. The Balaban J connectivity index is 1.29. The number of aryl methyl sites for hydroxylation is 1. The van der Waals surface area contributed by atoms with E-state index < -0.39 is 11.5 Å². The fraction of sp³-hybridized carbons (Fsp3) is 0.294. The summed E-state index contributed by atoms with van der Waals surface area (Å²) in [4.78, 5) is 24.4. The van der Waals surface area contributed by atoms with Crippen LogP contribution in [0.2, 0.25) is 5.02 Å². The summed E-state index contributed by atoms with van der Waals surface area (Å²) < 4.78 is 16.6. The molecule has 0 unspecified atom stereocenters. The molecular weight excluding hydrogens is 619 g/mol. The second-order valence-corrected chi connectivity index (χ2v) is 12.1. The lowest BCUT2D eigenvalue weighted by Crippen LogP contribution is -2.40. The van der Waals surface area contributed by atoms with Gasteiger partial charge in [0.1, 0.15) is 5.65 Å². The predicted octanol–water partition coefficient (Wildman–Crippen LogP) is 4.68. The van der Waals surface area contributed by atoms with E-state index in [0.29, 0.717) is 47.6 Å². The number of nitrogens with one attached hydrogen (secondary N) is 5. The van der Waals surface area contributed by atoms with Crippen molar-refractivity contribution in [1.82, 2.24) is 30.2 Å². The van der Waals surface area contributed by atoms with Crippen LogP contribution in [0.4, 0.5) is 10.1 Å². The van der Waals surface area contributed by atoms with Crippen LogP contribution in [0.25, 0.3) is 28.0 Å². The molecule has 0 aliphatic carbocycles. The van der Waals surface area contributed by atoms with Crippen LogP contribution in [-0.4, -0.2) is 50.7 Å². The average molecular weight is 659 g/mol. The zero-order chi connectivity index (χ0) is 33.3. The first-order chi connectivity index (χ1) is 22.7. The highest BCUT2D eigenvalue weighted by atomic mass is 35.5. The van der Waals surface area contributed by atoms with Crippen LogP contribution in [0, 0.1) is 11.2 Å². The van der Waals surface area contributed by atoms with E-state index >= 15 is 4.39 Å². The molecule has 0 spiro atoms. The molecule has 47 heavy (non-hydrogen) atoms. The van der Waals surface area contributed by atoms with Gasteiger partial charge in [-0.3, -0.25) is 15.0 Å². The lowest BCUT2D eigenvalue weighted by molar-refractivity contribution is 0.494. The number of aromatic nitrogens is 4. The summed E-state index contributed by atoms with van der Waals surface area (Å²) in [5.74, 6) is -0.589. The van der Waals surface area contributed by atoms with Gasteiger partial charge in [-0.05, 0) is 86.2 Å². The normalized spacial score (nSPS) is 12.6. The minimum atomic E-state index is -0.529. The van der Waals surface area contributed by atoms with Gasteiger partial charge in [-0.25, -0.2) is 9.18 Å². The molecule has 3 heterocycles. The van der Waals surface area contributed by atoms with Gasteiger partial charge in [0, 0.05) is 66.9 Å². The van der Waals surface area contributed by atoms with Crippen molar-refractivity contribution >= 4 is 34.3 Å². The average Bonchev–Trinajstić information content (AvgIpc) is 3.46. The van der Waals surface area contributed by atoms with Gasteiger partial charge in [0.05, 0.1) is 16.4 Å². The second-order valence-electron chi connectivity index (χ2n) is 11.7. The number of nitrogens with two attached hydrogens (primary N) is 2. The van der Waals surface area contributed by atoms with Gasteiger partial charge in [-0.2, -0.15) is 4.98 Å². The zero-order valence-electron chi connectivity index (χ0n) is 26.2. The third kappa shape index (κ3) is 9.16. The van der Waals surface area contributed by atoms with Crippen molar-refractivity contribution in [3.8, 4) is 16.9 Å².